The molecular formula is C19H21N3O3. The number of nitrogens with zero attached hydrogens (tertiary/aromatic N) is 2. The average Bonchev–Trinajstić information content (AvgIpc) is 2.91. The first-order valence-electron chi connectivity index (χ1n) is 8.16. The largest absolute Gasteiger partial charge is 0.467 e. The van der Waals surface area contributed by atoms with E-state index in [1.165, 1.54) is 7.11 Å². The van der Waals surface area contributed by atoms with Crippen molar-refractivity contribution in [1.29, 1.82) is 0 Å². The van der Waals surface area contributed by atoms with Crippen molar-refractivity contribution in [3.8, 4) is 11.3 Å². The van der Waals surface area contributed by atoms with Crippen LogP contribution in [0.3, 0.4) is 0 Å². The predicted molar refractivity (Wildman–Crippen MR) is 94.6 cm³/mol. The maximum absolute atomic E-state index is 12.9. The minimum Gasteiger partial charge on any atom is -0.467 e. The molecule has 3 rings (SSSR count). The number of methoxy groups -OCH3 is 1. The second-order valence-electron chi connectivity index (χ2n) is 6.49. The summed E-state index contributed by atoms with van der Waals surface area (Å²) >= 11 is 0. The average molecular weight is 339 g/mol. The molecule has 6 nitrogen and oxygen atoms in total. The van der Waals surface area contributed by atoms with Gasteiger partial charge in [0.05, 0.1) is 24.7 Å². The van der Waals surface area contributed by atoms with Gasteiger partial charge in [0.1, 0.15) is 6.04 Å². The van der Waals surface area contributed by atoms with Gasteiger partial charge in [0.15, 0.2) is 0 Å². The van der Waals surface area contributed by atoms with Gasteiger partial charge in [-0.2, -0.15) is 0 Å². The van der Waals surface area contributed by atoms with Crippen molar-refractivity contribution in [2.24, 2.45) is 5.92 Å². The number of fused-ring (bicyclic) bond motifs is 1. The molecule has 0 saturated heterocycles. The Bertz CT molecular complexity index is 815. The van der Waals surface area contributed by atoms with Crippen LogP contribution in [0.4, 0.5) is 5.69 Å². The lowest BCUT2D eigenvalue weighted by Gasteiger charge is -2.28. The van der Waals surface area contributed by atoms with Gasteiger partial charge in [-0.15, -0.1) is 0 Å². The smallest absolute Gasteiger partial charge is 0.328 e. The second kappa shape index (κ2) is 6.55. The van der Waals surface area contributed by atoms with Crippen LogP contribution in [0, 0.1) is 5.92 Å². The molecule has 1 aliphatic heterocycles. The monoisotopic (exact) mass is 339 g/mol. The summed E-state index contributed by atoms with van der Waals surface area (Å²) in [5, 5.41) is 0. The topological polar surface area (TPSA) is 85.5 Å². The standard InChI is InChI=1S/C19H21N3O3/c1-11(2)17(19(24)25-3)22-10-13-5-4-12(8-15(13)18(22)23)16-7-6-14(20)9-21-16/h4-9,11,17H,10,20H2,1-3H3/t17-/m0/s1. The Balaban J connectivity index is 1.94. The lowest BCUT2D eigenvalue weighted by atomic mass is 10.0. The van der Waals surface area contributed by atoms with Crippen LogP contribution in [0.1, 0.15) is 29.8 Å². The minimum absolute atomic E-state index is 0.0380. The van der Waals surface area contributed by atoms with E-state index in [-0.39, 0.29) is 11.8 Å². The molecule has 1 aromatic heterocycles. The predicted octanol–water partition coefficient (Wildman–Crippen LogP) is 2.48. The van der Waals surface area contributed by atoms with Crippen LogP contribution >= 0.6 is 0 Å². The highest BCUT2D eigenvalue weighted by atomic mass is 16.5. The summed E-state index contributed by atoms with van der Waals surface area (Å²) in [4.78, 5) is 30.9. The van der Waals surface area contributed by atoms with Crippen LogP contribution in [0.25, 0.3) is 11.3 Å². The zero-order valence-corrected chi connectivity index (χ0v) is 14.5. The molecular weight excluding hydrogens is 318 g/mol. The Morgan fingerprint density at radius 2 is 2.04 bits per heavy atom. The maximum atomic E-state index is 12.9. The Morgan fingerprint density at radius 3 is 2.64 bits per heavy atom. The number of benzene rings is 1. The Kier molecular flexibility index (Phi) is 4.44. The Morgan fingerprint density at radius 1 is 1.28 bits per heavy atom. The lowest BCUT2D eigenvalue weighted by Crippen LogP contribution is -2.45. The van der Waals surface area contributed by atoms with E-state index in [2.05, 4.69) is 4.98 Å². The number of carbonyl (C=O) groups excluding carboxylic acids is 2. The van der Waals surface area contributed by atoms with Gasteiger partial charge in [-0.05, 0) is 29.7 Å². The van der Waals surface area contributed by atoms with E-state index in [9.17, 15) is 9.59 Å². The van der Waals surface area contributed by atoms with E-state index < -0.39 is 12.0 Å². The van der Waals surface area contributed by atoms with Crippen molar-refractivity contribution in [2.45, 2.75) is 26.4 Å². The highest BCUT2D eigenvalue weighted by Gasteiger charge is 2.38. The highest BCUT2D eigenvalue weighted by Crippen LogP contribution is 2.31. The van der Waals surface area contributed by atoms with Crippen molar-refractivity contribution in [3.63, 3.8) is 0 Å². The fraction of sp³-hybridized carbons (Fsp3) is 0.316. The van der Waals surface area contributed by atoms with Gasteiger partial charge in [-0.1, -0.05) is 26.0 Å². The molecule has 0 spiro atoms. The number of hydrogen-bond donors (Lipinski definition) is 1. The van der Waals surface area contributed by atoms with Crippen molar-refractivity contribution < 1.29 is 14.3 Å². The molecule has 0 aliphatic carbocycles. The van der Waals surface area contributed by atoms with Crippen LogP contribution in [0.15, 0.2) is 36.5 Å². The van der Waals surface area contributed by atoms with Gasteiger partial charge in [0.25, 0.3) is 5.91 Å². The van der Waals surface area contributed by atoms with E-state index >= 15 is 0 Å². The van der Waals surface area contributed by atoms with Crippen LogP contribution in [0.5, 0.6) is 0 Å². The van der Waals surface area contributed by atoms with Gasteiger partial charge in [-0.3, -0.25) is 9.78 Å². The first-order chi connectivity index (χ1) is 11.9. The van der Waals surface area contributed by atoms with Gasteiger partial charge in [0.2, 0.25) is 0 Å². The van der Waals surface area contributed by atoms with E-state index in [1.54, 1.807) is 17.2 Å². The number of esters is 1. The molecule has 2 N–H and O–H groups in total. The molecule has 25 heavy (non-hydrogen) atoms. The Labute approximate surface area is 146 Å². The Hall–Kier alpha value is -2.89. The summed E-state index contributed by atoms with van der Waals surface area (Å²) in [6.07, 6.45) is 1.59. The summed E-state index contributed by atoms with van der Waals surface area (Å²) in [5.41, 5.74) is 9.35. The molecule has 0 fully saturated rings. The molecule has 6 heteroatoms. The fourth-order valence-electron chi connectivity index (χ4n) is 3.16. The zero-order valence-electron chi connectivity index (χ0n) is 14.5. The number of nitrogens with two attached hydrogens (primary N) is 1. The van der Waals surface area contributed by atoms with E-state index in [4.69, 9.17) is 10.5 Å². The summed E-state index contributed by atoms with van der Waals surface area (Å²) in [7, 11) is 1.34. The summed E-state index contributed by atoms with van der Waals surface area (Å²) in [6.45, 7) is 4.21. The SMILES string of the molecule is COC(=O)[C@H](C(C)C)N1Cc2ccc(-c3ccc(N)cn3)cc2C1=O. The molecule has 130 valence electrons. The number of hydrogen-bond acceptors (Lipinski definition) is 5. The lowest BCUT2D eigenvalue weighted by molar-refractivity contribution is -0.147. The van der Waals surface area contributed by atoms with E-state index in [0.29, 0.717) is 17.8 Å². The number of ether oxygens (including phenoxy) is 1. The number of amides is 1. The van der Waals surface area contributed by atoms with Gasteiger partial charge in [-0.25, -0.2) is 4.79 Å². The number of carbonyl (C=O) groups is 2. The zero-order chi connectivity index (χ0) is 18.1. The van der Waals surface area contributed by atoms with Crippen LogP contribution in [-0.4, -0.2) is 34.9 Å². The molecule has 1 aliphatic rings. The first kappa shape index (κ1) is 17.0. The third-order valence-corrected chi connectivity index (χ3v) is 4.43. The maximum Gasteiger partial charge on any atom is 0.328 e. The third-order valence-electron chi connectivity index (χ3n) is 4.43. The van der Waals surface area contributed by atoms with Gasteiger partial charge in [0, 0.05) is 17.7 Å². The molecule has 1 atom stereocenters. The van der Waals surface area contributed by atoms with Gasteiger partial charge >= 0.3 is 5.97 Å². The van der Waals surface area contributed by atoms with Crippen LogP contribution < -0.4 is 5.73 Å². The number of nitrogen functional groups attached to an aromatic ring is 1. The molecule has 2 aromatic rings. The van der Waals surface area contributed by atoms with Crippen LogP contribution in [0.2, 0.25) is 0 Å². The number of pyridine rings is 1. The van der Waals surface area contributed by atoms with E-state index in [1.807, 2.05) is 38.1 Å². The third kappa shape index (κ3) is 3.07. The summed E-state index contributed by atoms with van der Waals surface area (Å²) in [5.74, 6) is -0.586. The molecule has 1 aromatic carbocycles. The molecule has 1 amide bonds. The van der Waals surface area contributed by atoms with Gasteiger partial charge < -0.3 is 15.4 Å². The second-order valence-corrected chi connectivity index (χ2v) is 6.49. The number of anilines is 1. The molecule has 0 bridgehead atoms. The van der Waals surface area contributed by atoms with E-state index in [0.717, 1.165) is 16.8 Å². The quantitative estimate of drug-likeness (QED) is 0.865. The van der Waals surface area contributed by atoms with Crippen molar-refractivity contribution in [1.82, 2.24) is 9.88 Å². The minimum atomic E-state index is -0.594. The summed E-state index contributed by atoms with van der Waals surface area (Å²) < 4.78 is 4.88. The van der Waals surface area contributed by atoms with Crippen molar-refractivity contribution in [3.05, 3.63) is 47.7 Å². The highest BCUT2D eigenvalue weighted by molar-refractivity contribution is 6.01. The van der Waals surface area contributed by atoms with Crippen LogP contribution in [-0.2, 0) is 16.1 Å². The van der Waals surface area contributed by atoms with Crippen molar-refractivity contribution in [2.75, 3.05) is 12.8 Å². The number of rotatable bonds is 4. The normalized spacial score (nSPS) is 14.6. The summed E-state index contributed by atoms with van der Waals surface area (Å²) in [6, 6.07) is 8.66. The molecule has 2 heterocycles. The molecule has 0 unspecified atom stereocenters. The molecule has 0 saturated carbocycles. The molecule has 0 radical (unpaired) electrons. The fourth-order valence-corrected chi connectivity index (χ4v) is 3.16. The number of aromatic nitrogens is 1. The first-order valence-corrected chi connectivity index (χ1v) is 8.16. The van der Waals surface area contributed by atoms with Crippen molar-refractivity contribution >= 4 is 17.6 Å².